The van der Waals surface area contributed by atoms with Gasteiger partial charge in [-0.3, -0.25) is 19.8 Å². The van der Waals surface area contributed by atoms with Crippen molar-refractivity contribution in [2.45, 2.75) is 111 Å². The van der Waals surface area contributed by atoms with Crippen LogP contribution in [0.5, 0.6) is 0 Å². The molecule has 0 fully saturated rings. The van der Waals surface area contributed by atoms with Crippen molar-refractivity contribution in [3.8, 4) is 0 Å². The van der Waals surface area contributed by atoms with Crippen LogP contribution >= 0.6 is 0 Å². The fraction of sp³-hybridized carbons (Fsp3) is 0.857. The first-order valence-electron chi connectivity index (χ1n) is 10.7. The number of carbonyl (C=O) groups excluding carboxylic acids is 3. The first-order valence-corrected chi connectivity index (χ1v) is 10.7. The smallest absolute Gasteiger partial charge is 0.278 e. The normalized spacial score (nSPS) is 10.6. The van der Waals surface area contributed by atoms with Gasteiger partial charge in [-0.2, -0.15) is 0 Å². The molecule has 0 bridgehead atoms. The Hall–Kier alpha value is -1.39. The molecule has 0 rings (SSSR count). The molecule has 0 aromatic carbocycles. The Labute approximate surface area is 160 Å². The van der Waals surface area contributed by atoms with Crippen LogP contribution in [0.25, 0.3) is 0 Å². The van der Waals surface area contributed by atoms with Crippen molar-refractivity contribution in [1.82, 2.24) is 10.2 Å². The zero-order chi connectivity index (χ0) is 19.6. The van der Waals surface area contributed by atoms with Gasteiger partial charge in [0.05, 0.1) is 0 Å². The van der Waals surface area contributed by atoms with Gasteiger partial charge in [-0.05, 0) is 12.8 Å². The van der Waals surface area contributed by atoms with Crippen LogP contribution in [0.3, 0.4) is 0 Å². The highest BCUT2D eigenvalue weighted by molar-refractivity contribution is 6.01. The fourth-order valence-corrected chi connectivity index (χ4v) is 2.90. The molecule has 0 aliphatic rings. The topological polar surface area (TPSA) is 66.5 Å². The molecule has 0 aliphatic carbocycles. The van der Waals surface area contributed by atoms with Gasteiger partial charge < -0.3 is 0 Å². The second-order valence-corrected chi connectivity index (χ2v) is 7.04. The number of rotatable bonds is 15. The molecule has 0 atom stereocenters. The lowest BCUT2D eigenvalue weighted by molar-refractivity contribution is -0.128. The highest BCUT2D eigenvalue weighted by Gasteiger charge is 2.21. The van der Waals surface area contributed by atoms with Gasteiger partial charge in [-0.15, -0.1) is 0 Å². The molecule has 0 saturated heterocycles. The quantitative estimate of drug-likeness (QED) is 0.384. The summed E-state index contributed by atoms with van der Waals surface area (Å²) in [5, 5.41) is 2.38. The maximum atomic E-state index is 12.2. The summed E-state index contributed by atoms with van der Waals surface area (Å²) in [6.45, 7) is 6.45. The first-order chi connectivity index (χ1) is 12.6. The average Bonchev–Trinajstić information content (AvgIpc) is 2.63. The van der Waals surface area contributed by atoms with Crippen LogP contribution in [-0.2, 0) is 9.59 Å². The highest BCUT2D eigenvalue weighted by atomic mass is 16.2. The van der Waals surface area contributed by atoms with Crippen LogP contribution in [0.1, 0.15) is 111 Å². The summed E-state index contributed by atoms with van der Waals surface area (Å²) in [6.07, 6.45) is 13.9. The molecule has 0 heterocycles. The van der Waals surface area contributed by atoms with E-state index in [9.17, 15) is 14.4 Å². The Balaban J connectivity index is 4.02. The number of nitrogens with zero attached hydrogens (tertiary/aromatic N) is 1. The van der Waals surface area contributed by atoms with E-state index in [0.717, 1.165) is 44.9 Å². The molecule has 0 aromatic rings. The van der Waals surface area contributed by atoms with Gasteiger partial charge in [0, 0.05) is 19.4 Å². The predicted octanol–water partition coefficient (Wildman–Crippen LogP) is 5.57. The lowest BCUT2D eigenvalue weighted by Gasteiger charge is -2.20. The molecule has 0 spiro atoms. The van der Waals surface area contributed by atoms with Gasteiger partial charge in [0.1, 0.15) is 0 Å². The van der Waals surface area contributed by atoms with E-state index >= 15 is 0 Å². The minimum absolute atomic E-state index is 0.223. The molecular weight excluding hydrogens is 328 g/mol. The number of nitrogens with one attached hydrogen (secondary N) is 1. The van der Waals surface area contributed by atoms with Crippen LogP contribution < -0.4 is 5.32 Å². The van der Waals surface area contributed by atoms with Crippen molar-refractivity contribution < 1.29 is 14.4 Å². The largest absolute Gasteiger partial charge is 0.330 e. The summed E-state index contributed by atoms with van der Waals surface area (Å²) in [5.74, 6) is -0.498. The van der Waals surface area contributed by atoms with E-state index < -0.39 is 6.03 Å². The molecule has 5 heteroatoms. The van der Waals surface area contributed by atoms with Crippen molar-refractivity contribution in [1.29, 1.82) is 0 Å². The molecular formula is C21H40N2O3. The van der Waals surface area contributed by atoms with Crippen LogP contribution in [0.2, 0.25) is 0 Å². The molecule has 1 N–H and O–H groups in total. The van der Waals surface area contributed by atoms with E-state index in [1.807, 2.05) is 0 Å². The van der Waals surface area contributed by atoms with Crippen molar-refractivity contribution in [3.05, 3.63) is 0 Å². The minimum Gasteiger partial charge on any atom is -0.278 e. The van der Waals surface area contributed by atoms with E-state index in [1.165, 1.54) is 37.0 Å². The zero-order valence-corrected chi connectivity index (χ0v) is 17.3. The number of amides is 4. The molecule has 0 saturated carbocycles. The van der Waals surface area contributed by atoms with Crippen LogP contribution in [-0.4, -0.2) is 29.3 Å². The first kappa shape index (κ1) is 24.6. The summed E-state index contributed by atoms with van der Waals surface area (Å²) in [6, 6.07) is -0.557. The lowest BCUT2D eigenvalue weighted by Crippen LogP contribution is -2.46. The molecule has 26 heavy (non-hydrogen) atoms. The summed E-state index contributed by atoms with van der Waals surface area (Å²) < 4.78 is 0. The van der Waals surface area contributed by atoms with E-state index in [2.05, 4.69) is 19.2 Å². The van der Waals surface area contributed by atoms with Crippen LogP contribution in [0.15, 0.2) is 0 Å². The average molecular weight is 369 g/mol. The maximum Gasteiger partial charge on any atom is 0.330 e. The number of urea groups is 1. The predicted molar refractivity (Wildman–Crippen MR) is 107 cm³/mol. The molecule has 0 radical (unpaired) electrons. The second kappa shape index (κ2) is 17.0. The third kappa shape index (κ3) is 12.9. The Bertz CT molecular complexity index is 397. The van der Waals surface area contributed by atoms with E-state index in [0.29, 0.717) is 13.0 Å². The van der Waals surface area contributed by atoms with E-state index in [4.69, 9.17) is 0 Å². The van der Waals surface area contributed by atoms with Gasteiger partial charge in [0.15, 0.2) is 0 Å². The Kier molecular flexibility index (Phi) is 16.1. The summed E-state index contributed by atoms with van der Waals surface area (Å²) in [4.78, 5) is 37.3. The standard InChI is InChI=1S/C21H40N2O3/c1-4-7-9-11-12-13-14-15-17-19(24)22-21(26)23(20(25)6-3)18-16-10-8-5-2/h4-18H2,1-3H3,(H,22,24,26). The fourth-order valence-electron chi connectivity index (χ4n) is 2.90. The van der Waals surface area contributed by atoms with Crippen LogP contribution in [0, 0.1) is 0 Å². The third-order valence-corrected chi connectivity index (χ3v) is 4.59. The number of carbonyl (C=O) groups is 3. The van der Waals surface area contributed by atoms with E-state index in [-0.39, 0.29) is 18.2 Å². The van der Waals surface area contributed by atoms with Gasteiger partial charge in [-0.1, -0.05) is 85.0 Å². The highest BCUT2D eigenvalue weighted by Crippen LogP contribution is 2.10. The Morgan fingerprint density at radius 1 is 0.692 bits per heavy atom. The van der Waals surface area contributed by atoms with Crippen molar-refractivity contribution in [2.24, 2.45) is 0 Å². The number of hydrogen-bond acceptors (Lipinski definition) is 3. The summed E-state index contributed by atoms with van der Waals surface area (Å²) in [7, 11) is 0. The number of unbranched alkanes of at least 4 members (excludes halogenated alkanes) is 10. The molecule has 152 valence electrons. The number of imide groups is 2. The SMILES string of the molecule is CCCCCCCCCCC(=O)NC(=O)N(CCCCCC)C(=O)CC. The van der Waals surface area contributed by atoms with Gasteiger partial charge in [-0.25, -0.2) is 4.79 Å². The lowest BCUT2D eigenvalue weighted by atomic mass is 10.1. The van der Waals surface area contributed by atoms with Crippen molar-refractivity contribution in [3.63, 3.8) is 0 Å². The minimum atomic E-state index is -0.557. The monoisotopic (exact) mass is 368 g/mol. The van der Waals surface area contributed by atoms with Gasteiger partial charge >= 0.3 is 6.03 Å². The molecule has 0 aromatic heterocycles. The Morgan fingerprint density at radius 3 is 1.73 bits per heavy atom. The zero-order valence-electron chi connectivity index (χ0n) is 17.3. The molecule has 0 aliphatic heterocycles. The molecule has 5 nitrogen and oxygen atoms in total. The second-order valence-electron chi connectivity index (χ2n) is 7.04. The molecule has 0 unspecified atom stereocenters. The van der Waals surface area contributed by atoms with Gasteiger partial charge in [0.25, 0.3) is 0 Å². The van der Waals surface area contributed by atoms with E-state index in [1.54, 1.807) is 6.92 Å². The van der Waals surface area contributed by atoms with Crippen molar-refractivity contribution in [2.75, 3.05) is 6.54 Å². The van der Waals surface area contributed by atoms with Crippen molar-refractivity contribution >= 4 is 17.8 Å². The Morgan fingerprint density at radius 2 is 1.19 bits per heavy atom. The summed E-state index contributed by atoms with van der Waals surface area (Å²) >= 11 is 0. The molecule has 4 amide bonds. The van der Waals surface area contributed by atoms with Crippen LogP contribution in [0.4, 0.5) is 4.79 Å². The summed E-state index contributed by atoms with van der Waals surface area (Å²) in [5.41, 5.74) is 0. The maximum absolute atomic E-state index is 12.2. The van der Waals surface area contributed by atoms with Gasteiger partial charge in [0.2, 0.25) is 11.8 Å². The third-order valence-electron chi connectivity index (χ3n) is 4.59. The number of hydrogen-bond donors (Lipinski definition) is 1.